The first-order chi connectivity index (χ1) is 16.5. The topological polar surface area (TPSA) is 104 Å². The second-order valence-electron chi connectivity index (χ2n) is 11.2. The van der Waals surface area contributed by atoms with E-state index in [0.717, 1.165) is 48.8 Å². The second kappa shape index (κ2) is 10.3. The molecule has 8 heteroatoms. The Kier molecular flexibility index (Phi) is 7.60. The van der Waals surface area contributed by atoms with Gasteiger partial charge in [0.05, 0.1) is 12.1 Å². The van der Waals surface area contributed by atoms with Crippen molar-refractivity contribution in [1.82, 2.24) is 15.6 Å². The number of halogens is 1. The van der Waals surface area contributed by atoms with Gasteiger partial charge in [-0.2, -0.15) is 0 Å². The van der Waals surface area contributed by atoms with Crippen LogP contribution in [0.15, 0.2) is 36.5 Å². The largest absolute Gasteiger partial charge is 0.471 e. The summed E-state index contributed by atoms with van der Waals surface area (Å²) in [5, 5.41) is 27.0. The molecule has 0 radical (unpaired) electrons. The normalized spacial score (nSPS) is 20.3. The number of aliphatic hydroxyl groups excluding tert-OH is 1. The van der Waals surface area contributed by atoms with Gasteiger partial charge in [-0.05, 0) is 66.8 Å². The first-order valence-corrected chi connectivity index (χ1v) is 12.7. The summed E-state index contributed by atoms with van der Waals surface area (Å²) in [6.07, 6.45) is 5.03. The summed E-state index contributed by atoms with van der Waals surface area (Å²) in [5.41, 5.74) is 3.00. The monoisotopic (exact) mass is 501 g/mol. The molecule has 190 valence electrons. The molecule has 1 amide bonds. The summed E-state index contributed by atoms with van der Waals surface area (Å²) in [5.74, 6) is 0.668. The number of nitrogens with one attached hydrogen (secondary N) is 2. The van der Waals surface area contributed by atoms with Crippen LogP contribution >= 0.6 is 11.6 Å². The predicted octanol–water partition coefficient (Wildman–Crippen LogP) is 4.90. The van der Waals surface area contributed by atoms with Crippen molar-refractivity contribution in [2.75, 3.05) is 6.54 Å². The summed E-state index contributed by atoms with van der Waals surface area (Å²) in [4.78, 5) is 16.1. The number of ether oxygens (including phenoxy) is 1. The number of carbonyl (C=O) groups is 1. The minimum Gasteiger partial charge on any atom is -0.471 e. The van der Waals surface area contributed by atoms with Gasteiger partial charge in [0.15, 0.2) is 0 Å². The first kappa shape index (κ1) is 25.7. The number of aliphatic hydroxyl groups is 1. The molecule has 4 N–H and O–H groups in total. The van der Waals surface area contributed by atoms with E-state index in [4.69, 9.17) is 16.3 Å². The van der Waals surface area contributed by atoms with Crippen molar-refractivity contribution in [2.24, 2.45) is 5.41 Å². The molecule has 35 heavy (non-hydrogen) atoms. The van der Waals surface area contributed by atoms with E-state index in [-0.39, 0.29) is 23.6 Å². The van der Waals surface area contributed by atoms with Crippen molar-refractivity contribution in [1.29, 1.82) is 0 Å². The number of nitrogens with zero attached hydrogens (tertiary/aromatic N) is 1. The van der Waals surface area contributed by atoms with Crippen LogP contribution in [0.3, 0.4) is 0 Å². The summed E-state index contributed by atoms with van der Waals surface area (Å²) >= 11 is 5.97. The number of carboxylic acid groups (broad SMARTS) is 1. The van der Waals surface area contributed by atoms with Gasteiger partial charge in [-0.25, -0.2) is 9.78 Å². The molecule has 7 nitrogen and oxygen atoms in total. The fourth-order valence-corrected chi connectivity index (χ4v) is 5.19. The van der Waals surface area contributed by atoms with Gasteiger partial charge in [-0.3, -0.25) is 0 Å². The number of hydrogen-bond acceptors (Lipinski definition) is 5. The van der Waals surface area contributed by atoms with Crippen molar-refractivity contribution >= 4 is 17.7 Å². The van der Waals surface area contributed by atoms with E-state index < -0.39 is 18.2 Å². The molecule has 1 fully saturated rings. The molecular formula is C27H36ClN3O4. The lowest BCUT2D eigenvalue weighted by atomic mass is 9.73. The highest BCUT2D eigenvalue weighted by Crippen LogP contribution is 2.48. The standard InChI is InChI=1S/C27H36ClN3O4/c1-26(2,3)13-18-11-20-22(14-27(9-4-10-27)35-24(20)30-15-18)29-16-23(32)21(31-25(33)34)12-17-5-7-19(28)8-6-17/h5-8,11,15,21-23,29,31-32H,4,9-10,12-14,16H2,1-3H3,(H,33,34)/t21-,22-,23+/m0/s1. The van der Waals surface area contributed by atoms with Gasteiger partial charge in [0.25, 0.3) is 0 Å². The maximum Gasteiger partial charge on any atom is 0.404 e. The molecule has 1 aromatic heterocycles. The van der Waals surface area contributed by atoms with E-state index >= 15 is 0 Å². The Balaban J connectivity index is 1.49. The van der Waals surface area contributed by atoms with Crippen molar-refractivity contribution in [2.45, 2.75) is 83.1 Å². The Morgan fingerprint density at radius 1 is 1.26 bits per heavy atom. The molecule has 3 atom stereocenters. The van der Waals surface area contributed by atoms with E-state index in [1.165, 1.54) is 0 Å². The van der Waals surface area contributed by atoms with Crippen molar-refractivity contribution < 1.29 is 19.7 Å². The van der Waals surface area contributed by atoms with Gasteiger partial charge < -0.3 is 25.6 Å². The number of amides is 1. The quantitative estimate of drug-likeness (QED) is 0.410. The second-order valence-corrected chi connectivity index (χ2v) is 11.7. The number of pyridine rings is 1. The minimum absolute atomic E-state index is 0.0258. The number of aromatic nitrogens is 1. The Hall–Kier alpha value is -2.35. The lowest BCUT2D eigenvalue weighted by molar-refractivity contribution is -0.0421. The molecule has 2 heterocycles. The lowest BCUT2D eigenvalue weighted by Gasteiger charge is -2.47. The van der Waals surface area contributed by atoms with E-state index in [9.17, 15) is 15.0 Å². The van der Waals surface area contributed by atoms with Gasteiger partial charge in [-0.1, -0.05) is 44.5 Å². The van der Waals surface area contributed by atoms with E-state index in [1.807, 2.05) is 18.3 Å². The molecular weight excluding hydrogens is 466 g/mol. The first-order valence-electron chi connectivity index (χ1n) is 12.4. The number of benzene rings is 1. The maximum absolute atomic E-state index is 11.4. The molecule has 4 rings (SSSR count). The molecule has 1 aliphatic carbocycles. The van der Waals surface area contributed by atoms with Crippen LogP contribution in [-0.2, 0) is 12.8 Å². The van der Waals surface area contributed by atoms with Crippen LogP contribution in [0.25, 0.3) is 0 Å². The summed E-state index contributed by atoms with van der Waals surface area (Å²) < 4.78 is 6.35. The number of hydrogen-bond donors (Lipinski definition) is 4. The van der Waals surface area contributed by atoms with Gasteiger partial charge in [-0.15, -0.1) is 0 Å². The fraction of sp³-hybridized carbons (Fsp3) is 0.556. The SMILES string of the molecule is CC(C)(C)Cc1cnc2c(c1)[C@@H](NC[C@@H](O)[C@H](Cc1ccc(Cl)cc1)NC(=O)O)CC1(CCC1)O2. The van der Waals surface area contributed by atoms with Crippen LogP contribution in [0.5, 0.6) is 5.88 Å². The van der Waals surface area contributed by atoms with Crippen LogP contribution in [0.2, 0.25) is 5.02 Å². The smallest absolute Gasteiger partial charge is 0.404 e. The predicted molar refractivity (Wildman–Crippen MR) is 136 cm³/mol. The third kappa shape index (κ3) is 6.66. The van der Waals surface area contributed by atoms with E-state index in [2.05, 4.69) is 42.5 Å². The average Bonchev–Trinajstić information content (AvgIpc) is 2.75. The molecule has 1 spiro atoms. The molecule has 0 bridgehead atoms. The highest BCUT2D eigenvalue weighted by molar-refractivity contribution is 6.30. The zero-order chi connectivity index (χ0) is 25.2. The average molecular weight is 502 g/mol. The highest BCUT2D eigenvalue weighted by atomic mass is 35.5. The van der Waals surface area contributed by atoms with Crippen molar-refractivity contribution in [3.05, 3.63) is 58.2 Å². The van der Waals surface area contributed by atoms with E-state index in [1.54, 1.807) is 12.1 Å². The molecule has 0 saturated heterocycles. The molecule has 2 aromatic rings. The van der Waals surface area contributed by atoms with Gasteiger partial charge >= 0.3 is 6.09 Å². The molecule has 1 aromatic carbocycles. The van der Waals surface area contributed by atoms with Crippen LogP contribution in [0, 0.1) is 5.41 Å². The zero-order valence-electron chi connectivity index (χ0n) is 20.7. The molecule has 1 aliphatic heterocycles. The van der Waals surface area contributed by atoms with Crippen LogP contribution < -0.4 is 15.4 Å². The summed E-state index contributed by atoms with van der Waals surface area (Å²) in [7, 11) is 0. The highest BCUT2D eigenvalue weighted by Gasteiger charge is 2.46. The number of fused-ring (bicyclic) bond motifs is 1. The van der Waals surface area contributed by atoms with Crippen LogP contribution in [-0.4, -0.2) is 45.6 Å². The molecule has 0 unspecified atom stereocenters. The van der Waals surface area contributed by atoms with Gasteiger partial charge in [0, 0.05) is 35.8 Å². The fourth-order valence-electron chi connectivity index (χ4n) is 5.07. The minimum atomic E-state index is -1.16. The third-order valence-electron chi connectivity index (χ3n) is 6.92. The molecule has 2 aliphatic rings. The number of rotatable bonds is 8. The zero-order valence-corrected chi connectivity index (χ0v) is 21.4. The van der Waals surface area contributed by atoms with Crippen LogP contribution in [0.1, 0.15) is 69.2 Å². The Morgan fingerprint density at radius 3 is 2.57 bits per heavy atom. The molecule has 1 saturated carbocycles. The Morgan fingerprint density at radius 2 is 1.97 bits per heavy atom. The lowest BCUT2D eigenvalue weighted by Crippen LogP contribution is -2.52. The Bertz CT molecular complexity index is 1030. The van der Waals surface area contributed by atoms with Gasteiger partial charge in [0.1, 0.15) is 5.60 Å². The maximum atomic E-state index is 11.4. The van der Waals surface area contributed by atoms with Gasteiger partial charge in [0.2, 0.25) is 5.88 Å². The summed E-state index contributed by atoms with van der Waals surface area (Å²) in [6, 6.07) is 8.69. The Labute approximate surface area is 212 Å². The summed E-state index contributed by atoms with van der Waals surface area (Å²) in [6.45, 7) is 6.85. The van der Waals surface area contributed by atoms with E-state index in [0.29, 0.717) is 17.3 Å². The van der Waals surface area contributed by atoms with Crippen molar-refractivity contribution in [3.8, 4) is 5.88 Å². The third-order valence-corrected chi connectivity index (χ3v) is 7.17. The van der Waals surface area contributed by atoms with Crippen LogP contribution in [0.4, 0.5) is 4.79 Å². The van der Waals surface area contributed by atoms with Crippen molar-refractivity contribution in [3.63, 3.8) is 0 Å².